The van der Waals surface area contributed by atoms with Crippen molar-refractivity contribution in [2.45, 2.75) is 0 Å². The molecule has 7 heteroatoms. The number of benzene rings is 1. The lowest BCUT2D eigenvalue weighted by Gasteiger charge is -2.34. The molecule has 0 saturated carbocycles. The number of anilines is 1. The maximum absolute atomic E-state index is 11.2. The van der Waals surface area contributed by atoms with Crippen LogP contribution in [-0.2, 0) is 0 Å². The van der Waals surface area contributed by atoms with E-state index < -0.39 is 6.09 Å². The minimum absolute atomic E-state index is 0.220. The Morgan fingerprint density at radius 1 is 1.11 bits per heavy atom. The molecule has 0 unspecified atom stereocenters. The van der Waals surface area contributed by atoms with Gasteiger partial charge in [-0.05, 0) is 18.2 Å². The van der Waals surface area contributed by atoms with E-state index in [1.807, 2.05) is 18.2 Å². The highest BCUT2D eigenvalue weighted by molar-refractivity contribution is 5.79. The zero-order valence-corrected chi connectivity index (χ0v) is 10.2. The molecule has 3 rings (SSSR count). The van der Waals surface area contributed by atoms with Gasteiger partial charge in [-0.25, -0.2) is 9.59 Å². The molecule has 2 aromatic rings. The maximum Gasteiger partial charge on any atom is 0.407 e. The van der Waals surface area contributed by atoms with Crippen molar-refractivity contribution in [2.75, 3.05) is 31.1 Å². The Labute approximate surface area is 108 Å². The first-order valence-corrected chi connectivity index (χ1v) is 6.08. The third kappa shape index (κ3) is 2.14. The average Bonchev–Trinajstić information content (AvgIpc) is 2.77. The minimum Gasteiger partial charge on any atom is -0.465 e. The summed E-state index contributed by atoms with van der Waals surface area (Å²) in [5.74, 6) is 0. The van der Waals surface area contributed by atoms with E-state index in [0.717, 1.165) is 16.7 Å². The van der Waals surface area contributed by atoms with Crippen LogP contribution in [0.3, 0.4) is 0 Å². The molecule has 1 aliphatic rings. The zero-order chi connectivity index (χ0) is 13.4. The van der Waals surface area contributed by atoms with Crippen molar-refractivity contribution in [3.63, 3.8) is 0 Å². The van der Waals surface area contributed by atoms with E-state index in [-0.39, 0.29) is 5.69 Å². The van der Waals surface area contributed by atoms with Gasteiger partial charge in [0.2, 0.25) is 0 Å². The Bertz CT molecular complexity index is 667. The van der Waals surface area contributed by atoms with Crippen molar-refractivity contribution in [3.05, 3.63) is 28.7 Å². The largest absolute Gasteiger partial charge is 0.465 e. The number of piperazine rings is 1. The maximum atomic E-state index is 11.2. The molecule has 2 heterocycles. The van der Waals surface area contributed by atoms with Gasteiger partial charge in [-0.1, -0.05) is 0 Å². The molecular weight excluding hydrogens is 248 g/mol. The second-order valence-electron chi connectivity index (χ2n) is 4.57. The molecule has 0 spiro atoms. The van der Waals surface area contributed by atoms with Crippen molar-refractivity contribution in [1.82, 2.24) is 14.9 Å². The molecule has 1 aromatic heterocycles. The number of carbonyl (C=O) groups is 1. The number of hydrogen-bond acceptors (Lipinski definition) is 3. The Morgan fingerprint density at radius 2 is 1.79 bits per heavy atom. The molecule has 0 bridgehead atoms. The van der Waals surface area contributed by atoms with Crippen molar-refractivity contribution >= 4 is 22.8 Å². The highest BCUT2D eigenvalue weighted by atomic mass is 16.4. The van der Waals surface area contributed by atoms with Gasteiger partial charge in [0.25, 0.3) is 0 Å². The number of imidazole rings is 1. The highest BCUT2D eigenvalue weighted by Crippen LogP contribution is 2.20. The standard InChI is InChI=1S/C12H14N4O3/c17-11-13-9-2-1-8(7-10(9)14-11)15-3-5-16(6-4-15)12(18)19/h1-2,7H,3-6H2,(H,18,19)(H2,13,14,17). The van der Waals surface area contributed by atoms with Crippen molar-refractivity contribution in [3.8, 4) is 0 Å². The Morgan fingerprint density at radius 3 is 2.47 bits per heavy atom. The van der Waals surface area contributed by atoms with Crippen LogP contribution in [0.25, 0.3) is 11.0 Å². The first-order valence-electron chi connectivity index (χ1n) is 6.08. The van der Waals surface area contributed by atoms with Crippen LogP contribution < -0.4 is 10.6 Å². The lowest BCUT2D eigenvalue weighted by atomic mass is 10.2. The van der Waals surface area contributed by atoms with Crippen LogP contribution in [0.2, 0.25) is 0 Å². The molecule has 1 saturated heterocycles. The highest BCUT2D eigenvalue weighted by Gasteiger charge is 2.20. The van der Waals surface area contributed by atoms with Gasteiger partial charge in [-0.15, -0.1) is 0 Å². The topological polar surface area (TPSA) is 92.4 Å². The van der Waals surface area contributed by atoms with Gasteiger partial charge in [0.05, 0.1) is 11.0 Å². The zero-order valence-electron chi connectivity index (χ0n) is 10.2. The Hall–Kier alpha value is -2.44. The molecule has 1 amide bonds. The van der Waals surface area contributed by atoms with Crippen LogP contribution in [0.4, 0.5) is 10.5 Å². The minimum atomic E-state index is -0.870. The van der Waals surface area contributed by atoms with E-state index in [2.05, 4.69) is 14.9 Å². The van der Waals surface area contributed by atoms with Crippen LogP contribution >= 0.6 is 0 Å². The van der Waals surface area contributed by atoms with Gasteiger partial charge in [-0.2, -0.15) is 0 Å². The Kier molecular flexibility index (Phi) is 2.66. The van der Waals surface area contributed by atoms with E-state index in [0.29, 0.717) is 26.2 Å². The SMILES string of the molecule is O=C(O)N1CCN(c2ccc3[nH]c(=O)[nH]c3c2)CC1. The molecular formula is C12H14N4O3. The molecule has 1 aliphatic heterocycles. The van der Waals surface area contributed by atoms with Gasteiger partial charge in [-0.3, -0.25) is 0 Å². The van der Waals surface area contributed by atoms with Crippen LogP contribution in [-0.4, -0.2) is 52.2 Å². The van der Waals surface area contributed by atoms with Gasteiger partial charge >= 0.3 is 11.8 Å². The summed E-state index contributed by atoms with van der Waals surface area (Å²) in [7, 11) is 0. The molecule has 7 nitrogen and oxygen atoms in total. The number of rotatable bonds is 1. The summed E-state index contributed by atoms with van der Waals surface area (Å²) in [6, 6.07) is 5.69. The van der Waals surface area contributed by atoms with Crippen molar-refractivity contribution < 1.29 is 9.90 Å². The number of fused-ring (bicyclic) bond motifs is 1. The van der Waals surface area contributed by atoms with Crippen LogP contribution in [0.1, 0.15) is 0 Å². The van der Waals surface area contributed by atoms with Gasteiger partial charge in [0.15, 0.2) is 0 Å². The third-order valence-corrected chi connectivity index (χ3v) is 3.41. The van der Waals surface area contributed by atoms with Gasteiger partial charge < -0.3 is 24.9 Å². The van der Waals surface area contributed by atoms with E-state index >= 15 is 0 Å². The van der Waals surface area contributed by atoms with Gasteiger partial charge in [0, 0.05) is 31.9 Å². The van der Waals surface area contributed by atoms with Crippen molar-refractivity contribution in [1.29, 1.82) is 0 Å². The third-order valence-electron chi connectivity index (χ3n) is 3.41. The molecule has 100 valence electrons. The van der Waals surface area contributed by atoms with E-state index in [4.69, 9.17) is 5.11 Å². The number of H-pyrrole nitrogens is 2. The fraction of sp³-hybridized carbons (Fsp3) is 0.333. The first kappa shape index (κ1) is 11.6. The summed E-state index contributed by atoms with van der Waals surface area (Å²) < 4.78 is 0. The number of aromatic amines is 2. The predicted molar refractivity (Wildman–Crippen MR) is 70.7 cm³/mol. The van der Waals surface area contributed by atoms with E-state index in [9.17, 15) is 9.59 Å². The predicted octanol–water partition coefficient (Wildman–Crippen LogP) is 0.656. The summed E-state index contributed by atoms with van der Waals surface area (Å²) in [6.07, 6.45) is -0.870. The van der Waals surface area contributed by atoms with Crippen LogP contribution in [0.15, 0.2) is 23.0 Å². The van der Waals surface area contributed by atoms with Crippen LogP contribution in [0.5, 0.6) is 0 Å². The molecule has 0 atom stereocenters. The second-order valence-corrected chi connectivity index (χ2v) is 4.57. The van der Waals surface area contributed by atoms with Crippen LogP contribution in [0, 0.1) is 0 Å². The summed E-state index contributed by atoms with van der Waals surface area (Å²) in [5.41, 5.74) is 2.32. The number of amides is 1. The van der Waals surface area contributed by atoms with E-state index in [1.165, 1.54) is 4.90 Å². The lowest BCUT2D eigenvalue weighted by Crippen LogP contribution is -2.48. The first-order chi connectivity index (χ1) is 9.13. The molecule has 1 aromatic carbocycles. The molecule has 0 aliphatic carbocycles. The number of aromatic nitrogens is 2. The fourth-order valence-electron chi connectivity index (χ4n) is 2.37. The van der Waals surface area contributed by atoms with E-state index in [1.54, 1.807) is 0 Å². The smallest absolute Gasteiger partial charge is 0.407 e. The normalized spacial score (nSPS) is 16.0. The average molecular weight is 262 g/mol. The quantitative estimate of drug-likeness (QED) is 0.703. The molecule has 3 N–H and O–H groups in total. The molecule has 1 fully saturated rings. The summed E-state index contributed by atoms with van der Waals surface area (Å²) >= 11 is 0. The van der Waals surface area contributed by atoms with Gasteiger partial charge in [0.1, 0.15) is 0 Å². The number of nitrogens with one attached hydrogen (secondary N) is 2. The monoisotopic (exact) mass is 262 g/mol. The Balaban J connectivity index is 1.81. The number of carboxylic acid groups (broad SMARTS) is 1. The van der Waals surface area contributed by atoms with Crippen molar-refractivity contribution in [2.24, 2.45) is 0 Å². The molecule has 19 heavy (non-hydrogen) atoms. The lowest BCUT2D eigenvalue weighted by molar-refractivity contribution is 0.142. The number of nitrogens with zero attached hydrogens (tertiary/aromatic N) is 2. The molecule has 0 radical (unpaired) electrons. The summed E-state index contributed by atoms with van der Waals surface area (Å²) in [4.78, 5) is 31.0. The summed E-state index contributed by atoms with van der Waals surface area (Å²) in [5, 5.41) is 8.90. The fourth-order valence-corrected chi connectivity index (χ4v) is 2.37. The number of hydrogen-bond donors (Lipinski definition) is 3. The second kappa shape index (κ2) is 4.34. The summed E-state index contributed by atoms with van der Waals surface area (Å²) in [6.45, 7) is 2.31.